The van der Waals surface area contributed by atoms with Crippen molar-refractivity contribution in [1.29, 1.82) is 0 Å². The van der Waals surface area contributed by atoms with E-state index in [1.54, 1.807) is 24.0 Å². The van der Waals surface area contributed by atoms with Crippen molar-refractivity contribution < 1.29 is 4.79 Å². The molecule has 3 aromatic rings. The normalized spacial score (nSPS) is 16.1. The number of rotatable bonds is 3. The molecule has 1 fully saturated rings. The summed E-state index contributed by atoms with van der Waals surface area (Å²) in [7, 11) is 0. The van der Waals surface area contributed by atoms with Crippen LogP contribution in [0.2, 0.25) is 0 Å². The fourth-order valence-corrected chi connectivity index (χ4v) is 4.94. The van der Waals surface area contributed by atoms with Gasteiger partial charge < -0.3 is 5.32 Å². The lowest BCUT2D eigenvalue weighted by molar-refractivity contribution is 0.0922. The number of benzene rings is 1. The van der Waals surface area contributed by atoms with Crippen molar-refractivity contribution in [2.24, 2.45) is 4.99 Å². The minimum atomic E-state index is -0.119. The van der Waals surface area contributed by atoms with Gasteiger partial charge in [0.1, 0.15) is 5.69 Å². The second kappa shape index (κ2) is 8.40. The van der Waals surface area contributed by atoms with Gasteiger partial charge in [0.05, 0.1) is 16.3 Å². The van der Waals surface area contributed by atoms with Gasteiger partial charge >= 0.3 is 0 Å². The van der Waals surface area contributed by atoms with E-state index in [4.69, 9.17) is 4.99 Å². The Labute approximate surface area is 180 Å². The van der Waals surface area contributed by atoms with Gasteiger partial charge in [0.2, 0.25) is 0 Å². The summed E-state index contributed by atoms with van der Waals surface area (Å²) >= 11 is 1.62. The van der Waals surface area contributed by atoms with Crippen LogP contribution in [0.25, 0.3) is 0 Å². The third-order valence-electron chi connectivity index (χ3n) is 5.50. The maximum absolute atomic E-state index is 12.8. The maximum atomic E-state index is 12.8. The van der Waals surface area contributed by atoms with Crippen molar-refractivity contribution in [2.45, 2.75) is 47.9 Å². The molecule has 1 aliphatic heterocycles. The highest BCUT2D eigenvalue weighted by molar-refractivity contribution is 7.99. The Hall–Kier alpha value is -2.99. The van der Waals surface area contributed by atoms with Crippen LogP contribution in [0.15, 0.2) is 75.6 Å². The summed E-state index contributed by atoms with van der Waals surface area (Å²) in [5.41, 5.74) is 2.99. The van der Waals surface area contributed by atoms with E-state index in [1.165, 1.54) is 19.3 Å². The highest BCUT2D eigenvalue weighted by Crippen LogP contribution is 2.40. The lowest BCUT2D eigenvalue weighted by Gasteiger charge is -2.22. The highest BCUT2D eigenvalue weighted by atomic mass is 32.2. The van der Waals surface area contributed by atoms with E-state index < -0.39 is 0 Å². The summed E-state index contributed by atoms with van der Waals surface area (Å²) in [6, 6.07) is 17.9. The molecule has 0 spiro atoms. The van der Waals surface area contributed by atoms with Gasteiger partial charge in [-0.15, -0.1) is 0 Å². The second-order valence-electron chi connectivity index (χ2n) is 7.60. The molecule has 1 N–H and O–H groups in total. The van der Waals surface area contributed by atoms with E-state index in [0.29, 0.717) is 11.5 Å². The summed E-state index contributed by atoms with van der Waals surface area (Å²) in [4.78, 5) is 28.9. The van der Waals surface area contributed by atoms with Crippen LogP contribution < -0.4 is 5.32 Å². The fraction of sp³-hybridized carbons (Fsp3) is 0.250. The smallest absolute Gasteiger partial charge is 0.270 e. The van der Waals surface area contributed by atoms with Crippen LogP contribution in [0.1, 0.15) is 53.8 Å². The SMILES string of the molecule is O=C(NC1CCCCC1)c1ccc2c(n1)N=C(c1ccccn1)c1ccccc1S2. The van der Waals surface area contributed by atoms with Gasteiger partial charge in [0.25, 0.3) is 5.91 Å². The van der Waals surface area contributed by atoms with Crippen LogP contribution in [-0.4, -0.2) is 27.6 Å². The molecule has 30 heavy (non-hydrogen) atoms. The molecule has 1 amide bonds. The molecule has 1 aromatic carbocycles. The number of aliphatic imine (C=N–C) groups is 1. The molecule has 5 nitrogen and oxygen atoms in total. The number of pyridine rings is 2. The predicted molar refractivity (Wildman–Crippen MR) is 119 cm³/mol. The summed E-state index contributed by atoms with van der Waals surface area (Å²) in [6.45, 7) is 0. The van der Waals surface area contributed by atoms with E-state index in [-0.39, 0.29) is 11.9 Å². The molecule has 0 bridgehead atoms. The first-order valence-electron chi connectivity index (χ1n) is 10.4. The number of carbonyl (C=O) groups excluding carboxylic acids is 1. The minimum Gasteiger partial charge on any atom is -0.348 e. The number of fused-ring (bicyclic) bond motifs is 2. The molecule has 0 saturated heterocycles. The van der Waals surface area contributed by atoms with Crippen molar-refractivity contribution >= 4 is 29.2 Å². The predicted octanol–water partition coefficient (Wildman–Crippen LogP) is 5.17. The average molecular weight is 415 g/mol. The molecule has 0 atom stereocenters. The summed E-state index contributed by atoms with van der Waals surface area (Å²) in [5.74, 6) is 0.444. The third kappa shape index (κ3) is 3.87. The van der Waals surface area contributed by atoms with Crippen LogP contribution in [-0.2, 0) is 0 Å². The Bertz CT molecular complexity index is 1110. The van der Waals surface area contributed by atoms with Gasteiger partial charge in [-0.3, -0.25) is 9.78 Å². The Morgan fingerprint density at radius 1 is 0.933 bits per heavy atom. The Morgan fingerprint density at radius 2 is 1.77 bits per heavy atom. The number of nitrogens with one attached hydrogen (secondary N) is 1. The van der Waals surface area contributed by atoms with Gasteiger partial charge in [-0.1, -0.05) is 55.3 Å². The van der Waals surface area contributed by atoms with Gasteiger partial charge in [-0.05, 0) is 43.2 Å². The number of nitrogens with zero attached hydrogens (tertiary/aromatic N) is 3. The number of amides is 1. The molecule has 0 unspecified atom stereocenters. The zero-order valence-corrected chi connectivity index (χ0v) is 17.4. The monoisotopic (exact) mass is 414 g/mol. The first-order valence-corrected chi connectivity index (χ1v) is 11.2. The Kier molecular flexibility index (Phi) is 5.32. The van der Waals surface area contributed by atoms with Crippen LogP contribution >= 0.6 is 11.8 Å². The summed E-state index contributed by atoms with van der Waals surface area (Å²) < 4.78 is 0. The molecule has 5 rings (SSSR count). The first-order chi connectivity index (χ1) is 14.8. The van der Waals surface area contributed by atoms with Crippen molar-refractivity contribution in [3.05, 3.63) is 77.7 Å². The van der Waals surface area contributed by atoms with Gasteiger partial charge in [0.15, 0.2) is 5.82 Å². The van der Waals surface area contributed by atoms with Gasteiger partial charge in [-0.25, -0.2) is 9.98 Å². The Balaban J connectivity index is 1.53. The number of hydrogen-bond donors (Lipinski definition) is 1. The van der Waals surface area contributed by atoms with Crippen molar-refractivity contribution in [2.75, 3.05) is 0 Å². The molecule has 3 heterocycles. The van der Waals surface area contributed by atoms with Crippen LogP contribution in [0.3, 0.4) is 0 Å². The number of aromatic nitrogens is 2. The number of hydrogen-bond acceptors (Lipinski definition) is 5. The fourth-order valence-electron chi connectivity index (χ4n) is 3.96. The van der Waals surface area contributed by atoms with Gasteiger partial charge in [-0.2, -0.15) is 0 Å². The largest absolute Gasteiger partial charge is 0.348 e. The lowest BCUT2D eigenvalue weighted by atomic mass is 9.95. The third-order valence-corrected chi connectivity index (χ3v) is 6.61. The van der Waals surface area contributed by atoms with Crippen molar-refractivity contribution in [3.8, 4) is 0 Å². The van der Waals surface area contributed by atoms with E-state index in [9.17, 15) is 4.79 Å². The molecule has 6 heteroatoms. The molecule has 1 saturated carbocycles. The number of carbonyl (C=O) groups is 1. The van der Waals surface area contributed by atoms with E-state index in [2.05, 4.69) is 27.4 Å². The van der Waals surface area contributed by atoms with E-state index in [1.807, 2.05) is 36.4 Å². The Morgan fingerprint density at radius 3 is 2.60 bits per heavy atom. The van der Waals surface area contributed by atoms with Crippen LogP contribution in [0.4, 0.5) is 5.82 Å². The van der Waals surface area contributed by atoms with E-state index in [0.717, 1.165) is 39.6 Å². The second-order valence-corrected chi connectivity index (χ2v) is 8.68. The molecule has 0 radical (unpaired) electrons. The zero-order chi connectivity index (χ0) is 20.3. The molecule has 2 aliphatic rings. The van der Waals surface area contributed by atoms with E-state index >= 15 is 0 Å². The summed E-state index contributed by atoms with van der Waals surface area (Å²) in [5, 5.41) is 3.15. The van der Waals surface area contributed by atoms with Crippen molar-refractivity contribution in [3.63, 3.8) is 0 Å². The lowest BCUT2D eigenvalue weighted by Crippen LogP contribution is -2.36. The minimum absolute atomic E-state index is 0.119. The summed E-state index contributed by atoms with van der Waals surface area (Å²) in [6.07, 6.45) is 7.46. The molecule has 150 valence electrons. The first kappa shape index (κ1) is 19.0. The quantitative estimate of drug-likeness (QED) is 0.502. The standard InChI is InChI=1S/C24H22N4OS/c29-24(26-16-8-2-1-3-9-16)19-13-14-21-23(27-19)28-22(18-11-6-7-15-25-18)17-10-4-5-12-20(17)30-21/h4-7,10-16H,1-3,8-9H2,(H,26,29). The molecular weight excluding hydrogens is 392 g/mol. The topological polar surface area (TPSA) is 67.2 Å². The van der Waals surface area contributed by atoms with Crippen LogP contribution in [0, 0.1) is 0 Å². The molecule has 1 aliphatic carbocycles. The van der Waals surface area contributed by atoms with Gasteiger partial charge in [0, 0.05) is 22.7 Å². The van der Waals surface area contributed by atoms with Crippen LogP contribution in [0.5, 0.6) is 0 Å². The van der Waals surface area contributed by atoms with Crippen molar-refractivity contribution in [1.82, 2.24) is 15.3 Å². The highest BCUT2D eigenvalue weighted by Gasteiger charge is 2.22. The average Bonchev–Trinajstić information content (AvgIpc) is 2.96. The maximum Gasteiger partial charge on any atom is 0.270 e. The molecular formula is C24H22N4OS. The zero-order valence-electron chi connectivity index (χ0n) is 16.5. The molecule has 2 aromatic heterocycles.